The van der Waals surface area contributed by atoms with Crippen LogP contribution in [0.4, 0.5) is 0 Å². The van der Waals surface area contributed by atoms with Crippen molar-refractivity contribution >= 4 is 11.3 Å². The summed E-state index contributed by atoms with van der Waals surface area (Å²) in [6, 6.07) is 0. The van der Waals surface area contributed by atoms with Crippen LogP contribution in [0.1, 0.15) is 49.4 Å². The van der Waals surface area contributed by atoms with Crippen molar-refractivity contribution in [3.63, 3.8) is 0 Å². The van der Waals surface area contributed by atoms with E-state index in [9.17, 15) is 0 Å². The fraction of sp³-hybridized carbons (Fsp3) is 0.769. The zero-order chi connectivity index (χ0) is 12.3. The molecule has 0 saturated carbocycles. The first-order valence-electron chi connectivity index (χ1n) is 6.52. The zero-order valence-electron chi connectivity index (χ0n) is 10.9. The minimum absolute atomic E-state index is 0.255. The van der Waals surface area contributed by atoms with Crippen LogP contribution >= 0.6 is 11.3 Å². The Morgan fingerprint density at radius 1 is 1.29 bits per heavy atom. The molecule has 2 heterocycles. The number of rotatable bonds is 3. The second-order valence-corrected chi connectivity index (χ2v) is 6.65. The van der Waals surface area contributed by atoms with Gasteiger partial charge in [-0.2, -0.15) is 0 Å². The average Bonchev–Trinajstić information content (AvgIpc) is 2.56. The molecule has 0 amide bonds. The maximum absolute atomic E-state index is 6.09. The maximum atomic E-state index is 6.09. The Bertz CT molecular complexity index is 346. The van der Waals surface area contributed by atoms with Gasteiger partial charge in [0.25, 0.3) is 0 Å². The molecule has 0 radical (unpaired) electrons. The lowest BCUT2D eigenvalue weighted by molar-refractivity contribution is 0.276. The third-order valence-corrected chi connectivity index (χ3v) is 4.57. The van der Waals surface area contributed by atoms with Crippen molar-refractivity contribution < 1.29 is 0 Å². The zero-order valence-corrected chi connectivity index (χ0v) is 11.7. The summed E-state index contributed by atoms with van der Waals surface area (Å²) >= 11 is 1.76. The predicted octanol–water partition coefficient (Wildman–Crippen LogP) is 2.71. The van der Waals surface area contributed by atoms with Gasteiger partial charge < -0.3 is 5.73 Å². The molecule has 0 atom stereocenters. The largest absolute Gasteiger partial charge is 0.321 e. The summed E-state index contributed by atoms with van der Waals surface area (Å²) in [5.74, 6) is 0. The Morgan fingerprint density at radius 2 is 1.94 bits per heavy atom. The summed E-state index contributed by atoms with van der Waals surface area (Å²) in [6.07, 6.45) is 7.38. The van der Waals surface area contributed by atoms with Crippen molar-refractivity contribution in [3.8, 4) is 0 Å². The summed E-state index contributed by atoms with van der Waals surface area (Å²) in [7, 11) is 0. The van der Waals surface area contributed by atoms with Crippen LogP contribution in [0.25, 0.3) is 0 Å². The second-order valence-electron chi connectivity index (χ2n) is 5.53. The molecule has 1 saturated heterocycles. The number of aromatic nitrogens is 1. The highest BCUT2D eigenvalue weighted by atomic mass is 32.1. The summed E-state index contributed by atoms with van der Waals surface area (Å²) < 4.78 is 0. The van der Waals surface area contributed by atoms with Gasteiger partial charge in [-0.1, -0.05) is 12.8 Å². The highest BCUT2D eigenvalue weighted by molar-refractivity contribution is 7.11. The van der Waals surface area contributed by atoms with E-state index in [0.717, 1.165) is 6.54 Å². The van der Waals surface area contributed by atoms with Gasteiger partial charge in [-0.3, -0.25) is 4.90 Å². The van der Waals surface area contributed by atoms with Gasteiger partial charge in [-0.15, -0.1) is 11.3 Å². The van der Waals surface area contributed by atoms with Crippen LogP contribution in [0.3, 0.4) is 0 Å². The molecule has 1 aliphatic heterocycles. The average molecular weight is 253 g/mol. The summed E-state index contributed by atoms with van der Waals surface area (Å²) in [4.78, 5) is 8.21. The minimum Gasteiger partial charge on any atom is -0.321 e. The molecular weight excluding hydrogens is 230 g/mol. The number of likely N-dealkylation sites (tertiary alicyclic amines) is 1. The molecule has 1 aliphatic rings. The predicted molar refractivity (Wildman–Crippen MR) is 73.1 cm³/mol. The van der Waals surface area contributed by atoms with E-state index in [1.807, 2.05) is 20.0 Å². The number of nitrogens with zero attached hydrogens (tertiary/aromatic N) is 2. The minimum atomic E-state index is -0.255. The first kappa shape index (κ1) is 13.0. The Morgan fingerprint density at radius 3 is 2.47 bits per heavy atom. The highest BCUT2D eigenvalue weighted by Gasteiger charge is 2.18. The van der Waals surface area contributed by atoms with Crippen molar-refractivity contribution in [1.29, 1.82) is 0 Å². The molecule has 0 aromatic carbocycles. The summed E-state index contributed by atoms with van der Waals surface area (Å²) in [6.45, 7) is 7.52. The first-order chi connectivity index (χ1) is 8.05. The van der Waals surface area contributed by atoms with Gasteiger partial charge in [0, 0.05) is 16.6 Å². The Balaban J connectivity index is 1.96. The van der Waals surface area contributed by atoms with E-state index in [1.54, 1.807) is 11.3 Å². The van der Waals surface area contributed by atoms with E-state index in [4.69, 9.17) is 5.73 Å². The van der Waals surface area contributed by atoms with Crippen LogP contribution in [-0.4, -0.2) is 23.0 Å². The molecule has 1 aromatic rings. The van der Waals surface area contributed by atoms with E-state index >= 15 is 0 Å². The standard InChI is InChI=1S/C13H23N3S/c1-13(2,14)11-9-15-12(17-11)10-16-7-5-3-4-6-8-16/h9H,3-8,10,14H2,1-2H3. The fourth-order valence-corrected chi connectivity index (χ4v) is 3.14. The topological polar surface area (TPSA) is 42.1 Å². The van der Waals surface area contributed by atoms with E-state index < -0.39 is 0 Å². The van der Waals surface area contributed by atoms with Crippen LogP contribution in [0.5, 0.6) is 0 Å². The van der Waals surface area contributed by atoms with Crippen LogP contribution in [0, 0.1) is 0 Å². The molecule has 0 aliphatic carbocycles. The monoisotopic (exact) mass is 253 g/mol. The fourth-order valence-electron chi connectivity index (χ4n) is 2.17. The van der Waals surface area contributed by atoms with Crippen LogP contribution in [0.2, 0.25) is 0 Å². The second kappa shape index (κ2) is 5.46. The lowest BCUT2D eigenvalue weighted by atomic mass is 10.1. The van der Waals surface area contributed by atoms with Crippen molar-refractivity contribution in [3.05, 3.63) is 16.1 Å². The van der Waals surface area contributed by atoms with Gasteiger partial charge in [0.1, 0.15) is 5.01 Å². The molecule has 2 N–H and O–H groups in total. The van der Waals surface area contributed by atoms with Gasteiger partial charge in [0.15, 0.2) is 0 Å². The number of thiazole rings is 1. The Labute approximate surface area is 108 Å². The van der Waals surface area contributed by atoms with Gasteiger partial charge in [-0.25, -0.2) is 4.98 Å². The maximum Gasteiger partial charge on any atom is 0.107 e. The van der Waals surface area contributed by atoms with Crippen LogP contribution in [0.15, 0.2) is 6.20 Å². The van der Waals surface area contributed by atoms with Crippen molar-refractivity contribution in [1.82, 2.24) is 9.88 Å². The Kier molecular flexibility index (Phi) is 4.17. The third kappa shape index (κ3) is 3.76. The van der Waals surface area contributed by atoms with Crippen LogP contribution in [-0.2, 0) is 12.1 Å². The highest BCUT2D eigenvalue weighted by Crippen LogP contribution is 2.25. The first-order valence-corrected chi connectivity index (χ1v) is 7.34. The molecule has 1 fully saturated rings. The van der Waals surface area contributed by atoms with Crippen molar-refractivity contribution in [2.45, 2.75) is 51.6 Å². The van der Waals surface area contributed by atoms with Gasteiger partial charge >= 0.3 is 0 Å². The molecule has 0 spiro atoms. The molecular formula is C13H23N3S. The SMILES string of the molecule is CC(C)(N)c1cnc(CN2CCCCCC2)s1. The van der Waals surface area contributed by atoms with E-state index in [2.05, 4.69) is 9.88 Å². The lowest BCUT2D eigenvalue weighted by Crippen LogP contribution is -2.27. The molecule has 1 aromatic heterocycles. The lowest BCUT2D eigenvalue weighted by Gasteiger charge is -2.18. The van der Waals surface area contributed by atoms with Gasteiger partial charge in [0.05, 0.1) is 6.54 Å². The smallest absolute Gasteiger partial charge is 0.107 e. The van der Waals surface area contributed by atoms with E-state index in [0.29, 0.717) is 0 Å². The summed E-state index contributed by atoms with van der Waals surface area (Å²) in [5, 5.41) is 1.21. The molecule has 2 rings (SSSR count). The van der Waals surface area contributed by atoms with Crippen LogP contribution < -0.4 is 5.73 Å². The molecule has 96 valence electrons. The molecule has 0 bridgehead atoms. The number of nitrogens with two attached hydrogens (primary N) is 1. The normalized spacial score (nSPS) is 19.2. The molecule has 4 heteroatoms. The van der Waals surface area contributed by atoms with Gasteiger partial charge in [0.2, 0.25) is 0 Å². The van der Waals surface area contributed by atoms with E-state index in [-0.39, 0.29) is 5.54 Å². The van der Waals surface area contributed by atoms with Crippen molar-refractivity contribution in [2.75, 3.05) is 13.1 Å². The molecule has 0 unspecified atom stereocenters. The summed E-state index contributed by atoms with van der Waals surface area (Å²) in [5.41, 5.74) is 5.83. The quantitative estimate of drug-likeness (QED) is 0.900. The molecule has 17 heavy (non-hydrogen) atoms. The number of hydrogen-bond donors (Lipinski definition) is 1. The number of hydrogen-bond acceptors (Lipinski definition) is 4. The van der Waals surface area contributed by atoms with Gasteiger partial charge in [-0.05, 0) is 39.8 Å². The third-order valence-electron chi connectivity index (χ3n) is 3.25. The molecule has 3 nitrogen and oxygen atoms in total. The van der Waals surface area contributed by atoms with Crippen molar-refractivity contribution in [2.24, 2.45) is 5.73 Å². The Hall–Kier alpha value is -0.450. The van der Waals surface area contributed by atoms with E-state index in [1.165, 1.54) is 48.7 Å².